The maximum absolute atomic E-state index is 14.4. The van der Waals surface area contributed by atoms with Crippen molar-refractivity contribution in [1.29, 1.82) is 0 Å². The fourth-order valence-electron chi connectivity index (χ4n) is 4.84. The Morgan fingerprint density at radius 3 is 2.46 bits per heavy atom. The lowest BCUT2D eigenvalue weighted by molar-refractivity contribution is -0.155. The number of carbonyl (C=O) groups excluding carboxylic acids is 1. The van der Waals surface area contributed by atoms with Crippen LogP contribution in [0.15, 0.2) is 12.1 Å². The van der Waals surface area contributed by atoms with Gasteiger partial charge >= 0.3 is 5.97 Å². The molecule has 3 rings (SSSR count). The van der Waals surface area contributed by atoms with E-state index in [1.807, 2.05) is 0 Å². The molecule has 156 valence electrons. The van der Waals surface area contributed by atoms with Crippen LogP contribution in [-0.2, 0) is 9.53 Å². The number of halogens is 2. The SMILES string of the molecule is CCCC1CCC(C(=O)OC2CCC(c3ccc(OCC)c(F)c3F)CC2)C1. The van der Waals surface area contributed by atoms with E-state index in [2.05, 4.69) is 6.92 Å². The minimum absolute atomic E-state index is 0.0377. The second-order valence-electron chi connectivity index (χ2n) is 8.29. The highest BCUT2D eigenvalue weighted by molar-refractivity contribution is 5.73. The van der Waals surface area contributed by atoms with Crippen LogP contribution in [0.1, 0.15) is 83.1 Å². The standard InChI is InChI=1S/C23H32F2O3/c1-3-5-15-6-7-17(14-15)23(26)28-18-10-8-16(9-11-18)19-12-13-20(27-4-2)22(25)21(19)24/h12-13,15-18H,3-11,14H2,1-2H3. The lowest BCUT2D eigenvalue weighted by atomic mass is 9.82. The summed E-state index contributed by atoms with van der Waals surface area (Å²) >= 11 is 0. The van der Waals surface area contributed by atoms with Crippen LogP contribution in [-0.4, -0.2) is 18.7 Å². The van der Waals surface area contributed by atoms with E-state index in [9.17, 15) is 13.6 Å². The molecule has 2 atom stereocenters. The van der Waals surface area contributed by atoms with E-state index in [4.69, 9.17) is 9.47 Å². The van der Waals surface area contributed by atoms with Crippen molar-refractivity contribution in [3.05, 3.63) is 29.3 Å². The van der Waals surface area contributed by atoms with Gasteiger partial charge in [0.15, 0.2) is 11.6 Å². The second-order valence-corrected chi connectivity index (χ2v) is 8.29. The van der Waals surface area contributed by atoms with Crippen molar-refractivity contribution in [2.24, 2.45) is 11.8 Å². The molecule has 0 aliphatic heterocycles. The Hall–Kier alpha value is -1.65. The number of benzene rings is 1. The van der Waals surface area contributed by atoms with Gasteiger partial charge in [0.2, 0.25) is 5.82 Å². The largest absolute Gasteiger partial charge is 0.491 e. The molecule has 0 saturated heterocycles. The van der Waals surface area contributed by atoms with Crippen LogP contribution in [0, 0.1) is 23.5 Å². The average molecular weight is 395 g/mol. The van der Waals surface area contributed by atoms with Crippen molar-refractivity contribution in [2.45, 2.75) is 83.7 Å². The normalized spacial score (nSPS) is 27.6. The molecule has 2 fully saturated rings. The number of ether oxygens (including phenoxy) is 2. The van der Waals surface area contributed by atoms with Crippen molar-refractivity contribution in [3.8, 4) is 5.75 Å². The van der Waals surface area contributed by atoms with Crippen LogP contribution >= 0.6 is 0 Å². The quantitative estimate of drug-likeness (QED) is 0.520. The number of hydrogen-bond donors (Lipinski definition) is 0. The smallest absolute Gasteiger partial charge is 0.309 e. The first-order chi connectivity index (χ1) is 13.5. The van der Waals surface area contributed by atoms with Crippen LogP contribution in [0.5, 0.6) is 5.75 Å². The van der Waals surface area contributed by atoms with Crippen LogP contribution in [0.2, 0.25) is 0 Å². The van der Waals surface area contributed by atoms with Gasteiger partial charge in [0, 0.05) is 0 Å². The highest BCUT2D eigenvalue weighted by atomic mass is 19.2. The van der Waals surface area contributed by atoms with Crippen LogP contribution in [0.4, 0.5) is 8.78 Å². The summed E-state index contributed by atoms with van der Waals surface area (Å²) in [5.41, 5.74) is 0.406. The minimum atomic E-state index is -0.907. The lowest BCUT2D eigenvalue weighted by Gasteiger charge is -2.29. The van der Waals surface area contributed by atoms with E-state index in [1.165, 1.54) is 18.9 Å². The molecule has 28 heavy (non-hydrogen) atoms. The summed E-state index contributed by atoms with van der Waals surface area (Å²) in [5, 5.41) is 0. The van der Waals surface area contributed by atoms with Crippen molar-refractivity contribution in [1.82, 2.24) is 0 Å². The number of carbonyl (C=O) groups is 1. The van der Waals surface area contributed by atoms with Crippen molar-refractivity contribution in [3.63, 3.8) is 0 Å². The fraction of sp³-hybridized carbons (Fsp3) is 0.696. The Bertz CT molecular complexity index is 668. The Kier molecular flexibility index (Phi) is 7.30. The third-order valence-corrected chi connectivity index (χ3v) is 6.34. The molecule has 1 aromatic carbocycles. The summed E-state index contributed by atoms with van der Waals surface area (Å²) in [7, 11) is 0. The molecule has 0 aromatic heterocycles. The van der Waals surface area contributed by atoms with E-state index < -0.39 is 11.6 Å². The van der Waals surface area contributed by atoms with Gasteiger partial charge in [0.1, 0.15) is 6.10 Å². The topological polar surface area (TPSA) is 35.5 Å². The molecule has 0 bridgehead atoms. The first kappa shape index (κ1) is 21.1. The van der Waals surface area contributed by atoms with Gasteiger partial charge in [-0.1, -0.05) is 25.8 Å². The molecule has 2 unspecified atom stereocenters. The minimum Gasteiger partial charge on any atom is -0.491 e. The van der Waals surface area contributed by atoms with Crippen LogP contribution in [0.3, 0.4) is 0 Å². The number of rotatable bonds is 7. The Labute approximate surface area is 166 Å². The highest BCUT2D eigenvalue weighted by Gasteiger charge is 2.33. The molecule has 1 aromatic rings. The summed E-state index contributed by atoms with van der Waals surface area (Å²) in [6.07, 6.45) is 8.10. The van der Waals surface area contributed by atoms with Gasteiger partial charge in [-0.15, -0.1) is 0 Å². The molecular weight excluding hydrogens is 362 g/mol. The van der Waals surface area contributed by atoms with E-state index in [0.717, 1.165) is 19.3 Å². The number of esters is 1. The van der Waals surface area contributed by atoms with Crippen LogP contribution in [0.25, 0.3) is 0 Å². The molecule has 2 aliphatic carbocycles. The zero-order valence-electron chi connectivity index (χ0n) is 17.0. The van der Waals surface area contributed by atoms with Crippen molar-refractivity contribution in [2.75, 3.05) is 6.61 Å². The van der Waals surface area contributed by atoms with E-state index in [1.54, 1.807) is 13.0 Å². The maximum Gasteiger partial charge on any atom is 0.309 e. The monoisotopic (exact) mass is 394 g/mol. The molecule has 0 N–H and O–H groups in total. The Morgan fingerprint density at radius 1 is 1.04 bits per heavy atom. The van der Waals surface area contributed by atoms with Gasteiger partial charge in [-0.3, -0.25) is 4.79 Å². The molecular formula is C23H32F2O3. The molecule has 2 aliphatic rings. The Balaban J connectivity index is 1.51. The Morgan fingerprint density at radius 2 is 1.79 bits per heavy atom. The highest BCUT2D eigenvalue weighted by Crippen LogP contribution is 2.39. The summed E-state index contributed by atoms with van der Waals surface area (Å²) < 4.78 is 39.5. The second kappa shape index (κ2) is 9.71. The summed E-state index contributed by atoms with van der Waals surface area (Å²) in [6.45, 7) is 4.22. The average Bonchev–Trinajstić information content (AvgIpc) is 3.16. The molecule has 3 nitrogen and oxygen atoms in total. The molecule has 0 spiro atoms. The van der Waals surface area contributed by atoms with Gasteiger partial charge in [0.05, 0.1) is 12.5 Å². The van der Waals surface area contributed by atoms with E-state index in [0.29, 0.717) is 43.8 Å². The summed E-state index contributed by atoms with van der Waals surface area (Å²) in [4.78, 5) is 12.5. The van der Waals surface area contributed by atoms with Gasteiger partial charge in [-0.25, -0.2) is 4.39 Å². The van der Waals surface area contributed by atoms with Gasteiger partial charge < -0.3 is 9.47 Å². The van der Waals surface area contributed by atoms with E-state index in [-0.39, 0.29) is 29.7 Å². The lowest BCUT2D eigenvalue weighted by Crippen LogP contribution is -2.27. The predicted molar refractivity (Wildman–Crippen MR) is 104 cm³/mol. The van der Waals surface area contributed by atoms with Gasteiger partial charge in [-0.2, -0.15) is 4.39 Å². The van der Waals surface area contributed by atoms with Gasteiger partial charge in [0.25, 0.3) is 0 Å². The molecule has 5 heteroatoms. The van der Waals surface area contributed by atoms with Crippen molar-refractivity contribution < 1.29 is 23.0 Å². The van der Waals surface area contributed by atoms with E-state index >= 15 is 0 Å². The zero-order chi connectivity index (χ0) is 20.1. The molecule has 0 amide bonds. The zero-order valence-corrected chi connectivity index (χ0v) is 17.0. The first-order valence-corrected chi connectivity index (χ1v) is 10.8. The first-order valence-electron chi connectivity index (χ1n) is 10.8. The molecule has 2 saturated carbocycles. The third-order valence-electron chi connectivity index (χ3n) is 6.34. The predicted octanol–water partition coefficient (Wildman–Crippen LogP) is 6.15. The molecule has 0 radical (unpaired) electrons. The van der Waals surface area contributed by atoms with Crippen molar-refractivity contribution >= 4 is 5.97 Å². The number of hydrogen-bond acceptors (Lipinski definition) is 3. The third kappa shape index (κ3) is 4.84. The fourth-order valence-corrected chi connectivity index (χ4v) is 4.84. The van der Waals surface area contributed by atoms with Crippen LogP contribution < -0.4 is 4.74 Å². The summed E-state index contributed by atoms with van der Waals surface area (Å²) in [6, 6.07) is 3.14. The summed E-state index contributed by atoms with van der Waals surface area (Å²) in [5.74, 6) is -1.14. The van der Waals surface area contributed by atoms with Gasteiger partial charge in [-0.05, 0) is 75.3 Å². The molecule has 0 heterocycles. The maximum atomic E-state index is 14.4.